The summed E-state index contributed by atoms with van der Waals surface area (Å²) in [5.74, 6) is -0.352. The second-order valence-corrected chi connectivity index (χ2v) is 6.05. The van der Waals surface area contributed by atoms with Gasteiger partial charge >= 0.3 is 0 Å². The van der Waals surface area contributed by atoms with Gasteiger partial charge in [0.05, 0.1) is 0 Å². The van der Waals surface area contributed by atoms with Crippen LogP contribution in [0.25, 0.3) is 0 Å². The highest BCUT2D eigenvalue weighted by molar-refractivity contribution is 9.10. The Labute approximate surface area is 133 Å². The third kappa shape index (κ3) is 4.33. The first-order valence-corrected chi connectivity index (χ1v) is 7.71. The molecule has 21 heavy (non-hydrogen) atoms. The van der Waals surface area contributed by atoms with E-state index < -0.39 is 17.3 Å². The van der Waals surface area contributed by atoms with Crippen LogP contribution in [0.2, 0.25) is 0 Å². The van der Waals surface area contributed by atoms with Gasteiger partial charge in [-0.05, 0) is 17.7 Å². The van der Waals surface area contributed by atoms with E-state index in [-0.39, 0.29) is 10.8 Å². The summed E-state index contributed by atoms with van der Waals surface area (Å²) >= 11 is 4.63. The summed E-state index contributed by atoms with van der Waals surface area (Å²) in [5.41, 5.74) is 0.225. The lowest BCUT2D eigenvalue weighted by molar-refractivity contribution is -0.114. The maximum Gasteiger partial charge on any atom is 0.279 e. The fourth-order valence-corrected chi connectivity index (χ4v) is 2.61. The molecule has 0 atom stereocenters. The summed E-state index contributed by atoms with van der Waals surface area (Å²) in [5, 5.41) is 12.2. The van der Waals surface area contributed by atoms with Crippen LogP contribution in [0.3, 0.4) is 0 Å². The van der Waals surface area contributed by atoms with Crippen molar-refractivity contribution in [2.45, 2.75) is 17.8 Å². The second kappa shape index (κ2) is 6.77. The minimum Gasteiger partial charge on any atom is -0.492 e. The summed E-state index contributed by atoms with van der Waals surface area (Å²) in [6, 6.07) is 7.73. The van der Waals surface area contributed by atoms with Crippen molar-refractivity contribution in [2.75, 3.05) is 5.32 Å². The Morgan fingerprint density at radius 1 is 1.43 bits per heavy atom. The summed E-state index contributed by atoms with van der Waals surface area (Å²) in [6.07, 6.45) is 0. The number of aromatic amines is 1. The molecule has 0 saturated heterocycles. The largest absolute Gasteiger partial charge is 0.492 e. The van der Waals surface area contributed by atoms with Gasteiger partial charge in [0.1, 0.15) is 0 Å². The molecule has 110 valence electrons. The number of amides is 1. The van der Waals surface area contributed by atoms with Gasteiger partial charge in [0.25, 0.3) is 5.56 Å². The lowest BCUT2D eigenvalue weighted by Crippen LogP contribution is -2.18. The number of nitrogens with zero attached hydrogens (tertiary/aromatic N) is 1. The molecule has 0 aliphatic rings. The molecule has 2 aromatic rings. The molecule has 0 spiro atoms. The van der Waals surface area contributed by atoms with E-state index in [4.69, 9.17) is 0 Å². The highest BCUT2D eigenvalue weighted by atomic mass is 79.9. The molecule has 0 bridgehead atoms. The summed E-state index contributed by atoms with van der Waals surface area (Å²) in [7, 11) is 0. The monoisotopic (exact) mass is 369 g/mol. The molecule has 0 unspecified atom stereocenters. The van der Waals surface area contributed by atoms with Gasteiger partial charge in [0, 0.05) is 17.1 Å². The summed E-state index contributed by atoms with van der Waals surface area (Å²) in [6.45, 7) is 1.25. The van der Waals surface area contributed by atoms with E-state index >= 15 is 0 Å². The molecule has 1 aromatic carbocycles. The topological polar surface area (TPSA) is 95.1 Å². The fraction of sp³-hybridized carbons (Fsp3) is 0.154. The van der Waals surface area contributed by atoms with Crippen molar-refractivity contribution in [3.63, 3.8) is 0 Å². The average Bonchev–Trinajstić information content (AvgIpc) is 2.42. The van der Waals surface area contributed by atoms with E-state index in [1.165, 1.54) is 18.7 Å². The van der Waals surface area contributed by atoms with Gasteiger partial charge in [-0.15, -0.1) is 0 Å². The molecule has 2 rings (SSSR count). The first-order chi connectivity index (χ1) is 9.95. The number of benzene rings is 1. The number of aromatic nitrogens is 2. The van der Waals surface area contributed by atoms with Gasteiger partial charge in [0.2, 0.25) is 11.8 Å². The Bertz CT molecular complexity index is 716. The first kappa shape index (κ1) is 15.6. The summed E-state index contributed by atoms with van der Waals surface area (Å²) < 4.78 is 0.986. The third-order valence-corrected chi connectivity index (χ3v) is 3.94. The van der Waals surface area contributed by atoms with Crippen LogP contribution >= 0.6 is 27.7 Å². The van der Waals surface area contributed by atoms with Crippen LogP contribution in [0.4, 0.5) is 5.69 Å². The number of anilines is 1. The Morgan fingerprint density at radius 3 is 2.67 bits per heavy atom. The minimum absolute atomic E-state index is 0.240. The molecule has 1 heterocycles. The third-order valence-electron chi connectivity index (χ3n) is 2.47. The minimum atomic E-state index is -0.587. The van der Waals surface area contributed by atoms with Crippen molar-refractivity contribution in [3.8, 4) is 5.88 Å². The van der Waals surface area contributed by atoms with Crippen molar-refractivity contribution in [1.82, 2.24) is 9.97 Å². The smallest absolute Gasteiger partial charge is 0.279 e. The van der Waals surface area contributed by atoms with Gasteiger partial charge in [-0.2, -0.15) is 4.98 Å². The standard InChI is InChI=1S/C13H12BrN3O3S/c1-7(18)15-10-11(19)16-13(17-12(10)20)21-6-8-2-4-9(14)5-3-8/h2-5H,6H2,1H3,(H,15,18)(H2,16,17,19,20). The van der Waals surface area contributed by atoms with Crippen LogP contribution in [0, 0.1) is 0 Å². The van der Waals surface area contributed by atoms with Crippen molar-refractivity contribution < 1.29 is 9.90 Å². The van der Waals surface area contributed by atoms with Gasteiger partial charge in [-0.25, -0.2) is 0 Å². The number of carbonyl (C=O) groups is 1. The molecule has 6 nitrogen and oxygen atoms in total. The maximum absolute atomic E-state index is 11.8. The highest BCUT2D eigenvalue weighted by Gasteiger charge is 2.12. The van der Waals surface area contributed by atoms with E-state index in [2.05, 4.69) is 31.2 Å². The number of halogens is 1. The van der Waals surface area contributed by atoms with E-state index in [1.54, 1.807) is 0 Å². The normalized spacial score (nSPS) is 10.4. The van der Waals surface area contributed by atoms with Gasteiger partial charge in [0.15, 0.2) is 10.8 Å². The summed E-state index contributed by atoms with van der Waals surface area (Å²) in [4.78, 5) is 29.1. The highest BCUT2D eigenvalue weighted by Crippen LogP contribution is 2.23. The van der Waals surface area contributed by atoms with Crippen molar-refractivity contribution in [2.24, 2.45) is 0 Å². The molecule has 1 aromatic heterocycles. The Hall–Kier alpha value is -1.80. The second-order valence-electron chi connectivity index (χ2n) is 4.17. The number of hydrogen-bond donors (Lipinski definition) is 3. The van der Waals surface area contributed by atoms with Crippen LogP contribution in [0.5, 0.6) is 5.88 Å². The van der Waals surface area contributed by atoms with Gasteiger partial charge in [-0.1, -0.05) is 39.8 Å². The number of thioether (sulfide) groups is 1. The number of rotatable bonds is 4. The molecule has 8 heteroatoms. The molecule has 0 radical (unpaired) electrons. The van der Waals surface area contributed by atoms with Crippen LogP contribution in [0.15, 0.2) is 38.7 Å². The van der Waals surface area contributed by atoms with E-state index in [9.17, 15) is 14.7 Å². The Balaban J connectivity index is 2.12. The zero-order valence-electron chi connectivity index (χ0n) is 11.0. The van der Waals surface area contributed by atoms with E-state index in [1.807, 2.05) is 24.3 Å². The fourth-order valence-electron chi connectivity index (χ4n) is 1.53. The van der Waals surface area contributed by atoms with Crippen molar-refractivity contribution in [3.05, 3.63) is 44.7 Å². The molecule has 3 N–H and O–H groups in total. The van der Waals surface area contributed by atoms with Crippen LogP contribution in [-0.4, -0.2) is 21.0 Å². The zero-order valence-corrected chi connectivity index (χ0v) is 13.4. The predicted octanol–water partition coefficient (Wildman–Crippen LogP) is 2.49. The number of H-pyrrole nitrogens is 1. The quantitative estimate of drug-likeness (QED) is 0.568. The Morgan fingerprint density at radius 2 is 2.10 bits per heavy atom. The average molecular weight is 370 g/mol. The molecular formula is C13H12BrN3O3S. The molecule has 0 aliphatic heterocycles. The van der Waals surface area contributed by atoms with Crippen molar-refractivity contribution >= 4 is 39.3 Å². The zero-order chi connectivity index (χ0) is 15.4. The molecule has 0 aliphatic carbocycles. The molecule has 1 amide bonds. The number of aromatic hydroxyl groups is 1. The molecular weight excluding hydrogens is 358 g/mol. The molecule has 0 saturated carbocycles. The molecule has 0 fully saturated rings. The number of hydrogen-bond acceptors (Lipinski definition) is 5. The lowest BCUT2D eigenvalue weighted by Gasteiger charge is -2.06. The van der Waals surface area contributed by atoms with E-state index in [0.29, 0.717) is 5.75 Å². The number of carbonyl (C=O) groups excluding carboxylic acids is 1. The lowest BCUT2D eigenvalue weighted by atomic mass is 10.2. The van der Waals surface area contributed by atoms with Crippen molar-refractivity contribution in [1.29, 1.82) is 0 Å². The SMILES string of the molecule is CC(=O)Nc1c(O)nc(SCc2ccc(Br)cc2)[nH]c1=O. The Kier molecular flexibility index (Phi) is 5.03. The number of nitrogens with one attached hydrogen (secondary N) is 2. The first-order valence-electron chi connectivity index (χ1n) is 5.94. The van der Waals surface area contributed by atoms with Crippen LogP contribution in [-0.2, 0) is 10.5 Å². The van der Waals surface area contributed by atoms with Gasteiger partial charge < -0.3 is 10.4 Å². The van der Waals surface area contributed by atoms with Gasteiger partial charge in [-0.3, -0.25) is 14.6 Å². The maximum atomic E-state index is 11.8. The van der Waals surface area contributed by atoms with Crippen LogP contribution in [0.1, 0.15) is 12.5 Å². The van der Waals surface area contributed by atoms with Crippen LogP contribution < -0.4 is 10.9 Å². The predicted molar refractivity (Wildman–Crippen MR) is 84.5 cm³/mol. The van der Waals surface area contributed by atoms with E-state index in [0.717, 1.165) is 10.0 Å².